The van der Waals surface area contributed by atoms with Crippen molar-refractivity contribution in [3.63, 3.8) is 0 Å². The van der Waals surface area contributed by atoms with Gasteiger partial charge in [0, 0.05) is 18.8 Å². The van der Waals surface area contributed by atoms with Gasteiger partial charge in [-0.15, -0.1) is 11.6 Å². The lowest BCUT2D eigenvalue weighted by Crippen LogP contribution is -2.10. The van der Waals surface area contributed by atoms with Gasteiger partial charge in [-0.3, -0.25) is 0 Å². The Morgan fingerprint density at radius 3 is 2.58 bits per heavy atom. The molecule has 0 amide bonds. The maximum Gasteiger partial charge on any atom is 0.340 e. The summed E-state index contributed by atoms with van der Waals surface area (Å²) in [5, 5.41) is 9.37. The van der Waals surface area contributed by atoms with E-state index in [2.05, 4.69) is 6.07 Å². The van der Waals surface area contributed by atoms with Gasteiger partial charge in [-0.1, -0.05) is 48.5 Å². The van der Waals surface area contributed by atoms with Crippen LogP contribution in [0.3, 0.4) is 0 Å². The molecule has 0 spiro atoms. The molecule has 4 aromatic rings. The number of para-hydroxylation sites is 1. The van der Waals surface area contributed by atoms with E-state index in [-0.39, 0.29) is 0 Å². The first-order valence-electron chi connectivity index (χ1n) is 9.87. The molecule has 3 aromatic carbocycles. The smallest absolute Gasteiger partial charge is 0.340 e. The molecule has 1 aromatic heterocycles. The molecule has 0 radical (unpaired) electrons. The number of imidazole rings is 1. The molecule has 0 aliphatic rings. The number of nitriles is 1. The molecular formula is C25H20ClN3O2. The highest BCUT2D eigenvalue weighted by molar-refractivity contribution is 6.18. The van der Waals surface area contributed by atoms with E-state index in [0.717, 1.165) is 33.5 Å². The Kier molecular flexibility index (Phi) is 6.01. The monoisotopic (exact) mass is 429 g/mol. The Morgan fingerprint density at radius 1 is 1.10 bits per heavy atom. The van der Waals surface area contributed by atoms with Crippen molar-refractivity contribution in [2.45, 2.75) is 13.0 Å². The van der Waals surface area contributed by atoms with Crippen LogP contribution in [0.1, 0.15) is 27.3 Å². The van der Waals surface area contributed by atoms with Gasteiger partial charge >= 0.3 is 5.97 Å². The highest BCUT2D eigenvalue weighted by atomic mass is 35.5. The largest absolute Gasteiger partial charge is 0.465 e. The van der Waals surface area contributed by atoms with E-state index in [4.69, 9.17) is 21.3 Å². The third-order valence-electron chi connectivity index (χ3n) is 5.22. The summed E-state index contributed by atoms with van der Waals surface area (Å²) in [4.78, 5) is 17.0. The molecule has 0 atom stereocenters. The first-order chi connectivity index (χ1) is 15.2. The Hall–Kier alpha value is -3.62. The van der Waals surface area contributed by atoms with Gasteiger partial charge in [0.05, 0.1) is 35.3 Å². The van der Waals surface area contributed by atoms with Crippen LogP contribution in [0.2, 0.25) is 0 Å². The molecule has 5 nitrogen and oxygen atoms in total. The number of aryl methyl sites for hydroxylation is 1. The highest BCUT2D eigenvalue weighted by Gasteiger charge is 2.18. The van der Waals surface area contributed by atoms with Crippen LogP contribution in [0, 0.1) is 11.3 Å². The fraction of sp³-hybridized carbons (Fsp3) is 0.160. The number of hydrogen-bond donors (Lipinski definition) is 0. The van der Waals surface area contributed by atoms with Gasteiger partial charge in [0.15, 0.2) is 0 Å². The van der Waals surface area contributed by atoms with Crippen molar-refractivity contribution in [3.05, 3.63) is 89.2 Å². The lowest BCUT2D eigenvalue weighted by atomic mass is 9.99. The minimum absolute atomic E-state index is 0.396. The van der Waals surface area contributed by atoms with Crippen LogP contribution in [-0.2, 0) is 17.7 Å². The van der Waals surface area contributed by atoms with Gasteiger partial charge in [0.1, 0.15) is 5.82 Å². The first kappa shape index (κ1) is 20.6. The predicted molar refractivity (Wildman–Crippen MR) is 121 cm³/mol. The summed E-state index contributed by atoms with van der Waals surface area (Å²) in [5.41, 5.74) is 5.54. The van der Waals surface area contributed by atoms with Crippen LogP contribution in [-0.4, -0.2) is 28.5 Å². The number of carbonyl (C=O) groups is 1. The molecule has 0 aliphatic carbocycles. The van der Waals surface area contributed by atoms with E-state index in [1.54, 1.807) is 12.1 Å². The van der Waals surface area contributed by atoms with E-state index in [9.17, 15) is 10.1 Å². The summed E-state index contributed by atoms with van der Waals surface area (Å²) in [6.45, 7) is 0.539. The second-order valence-corrected chi connectivity index (χ2v) is 7.45. The van der Waals surface area contributed by atoms with Gasteiger partial charge in [-0.05, 0) is 34.9 Å². The number of carbonyl (C=O) groups excluding carboxylic acids is 1. The van der Waals surface area contributed by atoms with Gasteiger partial charge in [-0.2, -0.15) is 5.26 Å². The van der Waals surface area contributed by atoms with Crippen LogP contribution in [0.25, 0.3) is 22.2 Å². The summed E-state index contributed by atoms with van der Waals surface area (Å²) < 4.78 is 7.00. The average molecular weight is 430 g/mol. The fourth-order valence-corrected chi connectivity index (χ4v) is 3.93. The predicted octanol–water partition coefficient (Wildman–Crippen LogP) is 5.19. The van der Waals surface area contributed by atoms with Crippen LogP contribution < -0.4 is 0 Å². The van der Waals surface area contributed by atoms with Gasteiger partial charge in [0.25, 0.3) is 0 Å². The number of fused-ring (bicyclic) bond motifs is 1. The zero-order valence-electron chi connectivity index (χ0n) is 17.0. The van der Waals surface area contributed by atoms with Crippen molar-refractivity contribution in [3.8, 4) is 17.2 Å². The van der Waals surface area contributed by atoms with Crippen LogP contribution >= 0.6 is 11.6 Å². The molecule has 0 fully saturated rings. The Balaban J connectivity index is 1.75. The molecule has 1 heterocycles. The topological polar surface area (TPSA) is 67.9 Å². The van der Waals surface area contributed by atoms with Crippen LogP contribution in [0.5, 0.6) is 0 Å². The summed E-state index contributed by atoms with van der Waals surface area (Å²) in [7, 11) is 1.37. The van der Waals surface area contributed by atoms with E-state index >= 15 is 0 Å². The zero-order chi connectivity index (χ0) is 21.8. The second kappa shape index (κ2) is 9.03. The number of benzene rings is 3. The van der Waals surface area contributed by atoms with Gasteiger partial charge in [-0.25, -0.2) is 9.78 Å². The van der Waals surface area contributed by atoms with Crippen LogP contribution in [0.4, 0.5) is 0 Å². The first-order valence-corrected chi connectivity index (χ1v) is 10.4. The molecular weight excluding hydrogens is 410 g/mol. The van der Waals surface area contributed by atoms with Gasteiger partial charge in [0.2, 0.25) is 0 Å². The molecule has 31 heavy (non-hydrogen) atoms. The molecule has 6 heteroatoms. The van der Waals surface area contributed by atoms with E-state index in [1.807, 2.05) is 59.2 Å². The molecule has 0 N–H and O–H groups in total. The minimum Gasteiger partial charge on any atom is -0.465 e. The summed E-state index contributed by atoms with van der Waals surface area (Å²) in [5.74, 6) is 0.855. The fourth-order valence-electron chi connectivity index (χ4n) is 3.76. The van der Waals surface area contributed by atoms with E-state index in [1.165, 1.54) is 7.11 Å². The molecule has 0 unspecified atom stereocenters. The van der Waals surface area contributed by atoms with E-state index < -0.39 is 5.97 Å². The standard InChI is InChI=1S/C25H20ClN3O2/c1-31-25(30)21-7-4-8-22-24(21)29(23(28-22)13-14-26)16-17-9-11-18(12-10-17)20-6-3-2-5-19(20)15-27/h2-12H,13-14,16H2,1H3. The Labute approximate surface area is 185 Å². The van der Waals surface area contributed by atoms with Crippen LogP contribution in [0.15, 0.2) is 66.7 Å². The van der Waals surface area contributed by atoms with E-state index in [0.29, 0.717) is 30.0 Å². The number of rotatable bonds is 6. The molecule has 0 saturated heterocycles. The number of hydrogen-bond acceptors (Lipinski definition) is 4. The Morgan fingerprint density at radius 2 is 1.87 bits per heavy atom. The molecule has 0 saturated carbocycles. The number of halogens is 1. The maximum absolute atomic E-state index is 12.3. The summed E-state index contributed by atoms with van der Waals surface area (Å²) in [6, 6.07) is 23.3. The number of methoxy groups -OCH3 is 1. The Bertz CT molecular complexity index is 1290. The third kappa shape index (κ3) is 4.03. The number of esters is 1. The normalized spacial score (nSPS) is 10.7. The third-order valence-corrected chi connectivity index (χ3v) is 5.41. The lowest BCUT2D eigenvalue weighted by Gasteiger charge is -2.12. The molecule has 0 aliphatic heterocycles. The van der Waals surface area contributed by atoms with Gasteiger partial charge < -0.3 is 9.30 Å². The quantitative estimate of drug-likeness (QED) is 0.312. The molecule has 0 bridgehead atoms. The van der Waals surface area contributed by atoms with Crippen molar-refractivity contribution in [1.82, 2.24) is 9.55 Å². The van der Waals surface area contributed by atoms with Crippen molar-refractivity contribution in [2.24, 2.45) is 0 Å². The number of nitrogens with zero attached hydrogens (tertiary/aromatic N) is 3. The number of alkyl halides is 1. The van der Waals surface area contributed by atoms with Crippen molar-refractivity contribution >= 4 is 28.6 Å². The highest BCUT2D eigenvalue weighted by Crippen LogP contribution is 2.26. The molecule has 154 valence electrons. The average Bonchev–Trinajstić information content (AvgIpc) is 3.16. The maximum atomic E-state index is 12.3. The van der Waals surface area contributed by atoms with Crippen molar-refractivity contribution < 1.29 is 9.53 Å². The minimum atomic E-state index is -0.396. The number of aromatic nitrogens is 2. The second-order valence-electron chi connectivity index (χ2n) is 7.07. The summed E-state index contributed by atoms with van der Waals surface area (Å²) in [6.07, 6.45) is 0.588. The van der Waals surface area contributed by atoms with Crippen molar-refractivity contribution in [2.75, 3.05) is 13.0 Å². The summed E-state index contributed by atoms with van der Waals surface area (Å²) >= 11 is 6.01. The van der Waals surface area contributed by atoms with Crippen molar-refractivity contribution in [1.29, 1.82) is 5.26 Å². The molecule has 4 rings (SSSR count). The SMILES string of the molecule is COC(=O)c1cccc2nc(CCCl)n(Cc3ccc(-c4ccccc4C#N)cc3)c12. The number of ether oxygens (including phenoxy) is 1. The zero-order valence-corrected chi connectivity index (χ0v) is 17.8. The lowest BCUT2D eigenvalue weighted by molar-refractivity contribution is 0.0602.